The van der Waals surface area contributed by atoms with Gasteiger partial charge in [0.15, 0.2) is 5.65 Å². The van der Waals surface area contributed by atoms with Crippen molar-refractivity contribution in [2.75, 3.05) is 5.73 Å². The number of aromatic nitrogens is 6. The second-order valence-corrected chi connectivity index (χ2v) is 7.42. The second-order valence-electron chi connectivity index (χ2n) is 7.42. The highest BCUT2D eigenvalue weighted by molar-refractivity contribution is 5.89. The van der Waals surface area contributed by atoms with E-state index in [4.69, 9.17) is 10.7 Å². The summed E-state index contributed by atoms with van der Waals surface area (Å²) < 4.78 is 1.68. The van der Waals surface area contributed by atoms with E-state index in [0.717, 1.165) is 23.3 Å². The fraction of sp³-hybridized carbons (Fsp3) is 0.174. The van der Waals surface area contributed by atoms with Crippen molar-refractivity contribution in [3.8, 4) is 5.69 Å². The highest BCUT2D eigenvalue weighted by atomic mass is 16.1. The van der Waals surface area contributed by atoms with Crippen LogP contribution in [0.5, 0.6) is 0 Å². The number of nitrogens with zero attached hydrogens (tertiary/aromatic N) is 5. The topological polar surface area (TPSA) is 115 Å². The summed E-state index contributed by atoms with van der Waals surface area (Å²) in [5, 5.41) is 0.433. The Morgan fingerprint density at radius 3 is 2.71 bits per heavy atom. The Morgan fingerprint density at radius 2 is 1.90 bits per heavy atom. The van der Waals surface area contributed by atoms with E-state index >= 15 is 0 Å². The quantitative estimate of drug-likeness (QED) is 0.429. The summed E-state index contributed by atoms with van der Waals surface area (Å²) in [6.07, 6.45) is 4.49. The van der Waals surface area contributed by atoms with Crippen LogP contribution in [0.2, 0.25) is 0 Å². The Morgan fingerprint density at radius 1 is 1.06 bits per heavy atom. The van der Waals surface area contributed by atoms with Gasteiger partial charge < -0.3 is 10.7 Å². The molecule has 0 fully saturated rings. The van der Waals surface area contributed by atoms with E-state index in [-0.39, 0.29) is 11.5 Å². The number of nitrogens with two attached hydrogens (primary N) is 1. The van der Waals surface area contributed by atoms with Crippen LogP contribution >= 0.6 is 0 Å². The number of para-hydroxylation sites is 1. The van der Waals surface area contributed by atoms with Crippen molar-refractivity contribution in [3.63, 3.8) is 0 Å². The van der Waals surface area contributed by atoms with E-state index in [1.54, 1.807) is 17.0 Å². The summed E-state index contributed by atoms with van der Waals surface area (Å²) in [6, 6.07) is 14.9. The van der Waals surface area contributed by atoms with Gasteiger partial charge in [-0.1, -0.05) is 31.2 Å². The van der Waals surface area contributed by atoms with Crippen molar-refractivity contribution in [2.45, 2.75) is 25.7 Å². The Labute approximate surface area is 177 Å². The molecular weight excluding hydrogens is 390 g/mol. The molecule has 0 aliphatic carbocycles. The molecule has 0 spiro atoms. The zero-order chi connectivity index (χ0) is 21.4. The molecule has 0 unspecified atom stereocenters. The summed E-state index contributed by atoms with van der Waals surface area (Å²) in [4.78, 5) is 34.6. The number of imidazole rings is 1. The van der Waals surface area contributed by atoms with Crippen molar-refractivity contribution in [2.24, 2.45) is 0 Å². The zero-order valence-electron chi connectivity index (χ0n) is 17.0. The SMILES string of the molecule is CC[C@H](Cc1ncnc2nc[nH]c12)c1nc2cccc(N)c2c(=O)n1-c1ccccc1. The summed E-state index contributed by atoms with van der Waals surface area (Å²) in [6.45, 7) is 2.08. The summed E-state index contributed by atoms with van der Waals surface area (Å²) in [5.74, 6) is 0.628. The molecule has 1 atom stereocenters. The van der Waals surface area contributed by atoms with Crippen LogP contribution in [-0.4, -0.2) is 29.5 Å². The van der Waals surface area contributed by atoms with Crippen molar-refractivity contribution in [1.29, 1.82) is 0 Å². The first-order chi connectivity index (χ1) is 15.2. The van der Waals surface area contributed by atoms with E-state index in [1.807, 2.05) is 42.5 Å². The molecule has 3 aromatic heterocycles. The van der Waals surface area contributed by atoms with E-state index in [2.05, 4.69) is 26.9 Å². The molecule has 0 saturated carbocycles. The van der Waals surface area contributed by atoms with Crippen LogP contribution < -0.4 is 11.3 Å². The van der Waals surface area contributed by atoms with Crippen molar-refractivity contribution >= 4 is 27.8 Å². The number of benzene rings is 2. The molecule has 5 aromatic rings. The van der Waals surface area contributed by atoms with Crippen molar-refractivity contribution < 1.29 is 0 Å². The number of aromatic amines is 1. The van der Waals surface area contributed by atoms with Crippen LogP contribution in [-0.2, 0) is 6.42 Å². The minimum absolute atomic E-state index is 0.0554. The average Bonchev–Trinajstić information content (AvgIpc) is 3.27. The van der Waals surface area contributed by atoms with Crippen LogP contribution in [0.3, 0.4) is 0 Å². The van der Waals surface area contributed by atoms with Gasteiger partial charge in [0.1, 0.15) is 17.7 Å². The molecule has 0 amide bonds. The maximum atomic E-state index is 13.6. The second kappa shape index (κ2) is 7.64. The molecule has 5 rings (SSSR count). The van der Waals surface area contributed by atoms with E-state index in [1.165, 1.54) is 6.33 Å². The van der Waals surface area contributed by atoms with Crippen LogP contribution in [0.4, 0.5) is 5.69 Å². The molecule has 8 nitrogen and oxygen atoms in total. The predicted molar refractivity (Wildman–Crippen MR) is 120 cm³/mol. The van der Waals surface area contributed by atoms with E-state index in [9.17, 15) is 4.79 Å². The normalized spacial score (nSPS) is 12.4. The first-order valence-corrected chi connectivity index (χ1v) is 10.2. The highest BCUT2D eigenvalue weighted by Gasteiger charge is 2.23. The first-order valence-electron chi connectivity index (χ1n) is 10.2. The van der Waals surface area contributed by atoms with Crippen molar-refractivity contribution in [3.05, 3.63) is 83.1 Å². The van der Waals surface area contributed by atoms with Crippen molar-refractivity contribution in [1.82, 2.24) is 29.5 Å². The van der Waals surface area contributed by atoms with Gasteiger partial charge in [-0.25, -0.2) is 19.9 Å². The number of anilines is 1. The van der Waals surface area contributed by atoms with Gasteiger partial charge in [0, 0.05) is 18.0 Å². The number of rotatable bonds is 5. The molecule has 2 aromatic carbocycles. The van der Waals surface area contributed by atoms with Gasteiger partial charge in [0.25, 0.3) is 5.56 Å². The maximum Gasteiger partial charge on any atom is 0.268 e. The third kappa shape index (κ3) is 3.22. The zero-order valence-corrected chi connectivity index (χ0v) is 17.0. The fourth-order valence-corrected chi connectivity index (χ4v) is 3.99. The largest absolute Gasteiger partial charge is 0.398 e. The van der Waals surface area contributed by atoms with Gasteiger partial charge in [-0.05, 0) is 30.7 Å². The first kappa shape index (κ1) is 18.9. The molecular formula is C23H21N7O. The number of hydrogen-bond acceptors (Lipinski definition) is 6. The third-order valence-electron chi connectivity index (χ3n) is 5.57. The minimum atomic E-state index is -0.169. The Hall–Kier alpha value is -4.07. The molecule has 3 heterocycles. The Bertz CT molecular complexity index is 1440. The molecule has 0 radical (unpaired) electrons. The molecule has 3 N–H and O–H groups in total. The molecule has 31 heavy (non-hydrogen) atoms. The van der Waals surface area contributed by atoms with Crippen LogP contribution in [0, 0.1) is 0 Å². The number of fused-ring (bicyclic) bond motifs is 2. The number of H-pyrrole nitrogens is 1. The van der Waals surface area contributed by atoms with Gasteiger partial charge in [-0.2, -0.15) is 0 Å². The van der Waals surface area contributed by atoms with E-state index < -0.39 is 0 Å². The third-order valence-corrected chi connectivity index (χ3v) is 5.57. The lowest BCUT2D eigenvalue weighted by Gasteiger charge is -2.21. The highest BCUT2D eigenvalue weighted by Crippen LogP contribution is 2.27. The molecule has 0 saturated heterocycles. The monoisotopic (exact) mass is 411 g/mol. The molecule has 8 heteroatoms. The number of nitrogen functional groups attached to an aromatic ring is 1. The smallest absolute Gasteiger partial charge is 0.268 e. The van der Waals surface area contributed by atoms with Gasteiger partial charge >= 0.3 is 0 Å². The van der Waals surface area contributed by atoms with Crippen LogP contribution in [0.1, 0.15) is 30.8 Å². The number of nitrogens with one attached hydrogen (secondary N) is 1. The maximum absolute atomic E-state index is 13.6. The summed E-state index contributed by atoms with van der Waals surface area (Å²) in [5.41, 5.74) is 10.0. The van der Waals surface area contributed by atoms with Crippen LogP contribution in [0.15, 0.2) is 66.0 Å². The fourth-order valence-electron chi connectivity index (χ4n) is 3.99. The molecule has 154 valence electrons. The minimum Gasteiger partial charge on any atom is -0.398 e. The summed E-state index contributed by atoms with van der Waals surface area (Å²) >= 11 is 0. The van der Waals surface area contributed by atoms with Gasteiger partial charge in [-0.3, -0.25) is 9.36 Å². The lowest BCUT2D eigenvalue weighted by molar-refractivity contribution is 0.590. The predicted octanol–water partition coefficient (Wildman–Crippen LogP) is 3.37. The lowest BCUT2D eigenvalue weighted by atomic mass is 9.97. The Balaban J connectivity index is 1.74. The number of hydrogen-bond donors (Lipinski definition) is 2. The average molecular weight is 411 g/mol. The van der Waals surface area contributed by atoms with Gasteiger partial charge in [0.05, 0.1) is 28.6 Å². The van der Waals surface area contributed by atoms with Crippen LogP contribution in [0.25, 0.3) is 27.8 Å². The van der Waals surface area contributed by atoms with E-state index in [0.29, 0.717) is 34.5 Å². The molecule has 0 aliphatic rings. The molecule has 0 bridgehead atoms. The van der Waals surface area contributed by atoms with Gasteiger partial charge in [0.2, 0.25) is 0 Å². The lowest BCUT2D eigenvalue weighted by Crippen LogP contribution is -2.27. The Kier molecular flexibility index (Phi) is 4.66. The van der Waals surface area contributed by atoms with Gasteiger partial charge in [-0.15, -0.1) is 0 Å². The summed E-state index contributed by atoms with van der Waals surface area (Å²) in [7, 11) is 0. The standard InChI is InChI=1S/C23H21N7O/c1-2-14(11-18-20-21(27-12-25-18)28-13-26-20)22-29-17-10-6-9-16(24)19(17)23(31)30(22)15-7-4-3-5-8-15/h3-10,12-14H,2,11,24H2,1H3,(H,25,26,27,28)/t14-/m1/s1. The molecule has 0 aliphatic heterocycles.